The van der Waals surface area contributed by atoms with Gasteiger partial charge in [-0.15, -0.1) is 0 Å². The van der Waals surface area contributed by atoms with E-state index < -0.39 is 0 Å². The zero-order chi connectivity index (χ0) is 13.2. The number of benzene rings is 1. The van der Waals surface area contributed by atoms with Crippen LogP contribution >= 0.6 is 22.6 Å². The van der Waals surface area contributed by atoms with Crippen LogP contribution in [0.25, 0.3) is 11.1 Å². The Morgan fingerprint density at radius 3 is 2.68 bits per heavy atom. The fraction of sp³-hybridized carbons (Fsp3) is 0.143. The predicted octanol–water partition coefficient (Wildman–Crippen LogP) is 2.94. The molecular formula is C14H13IN4. The highest BCUT2D eigenvalue weighted by Crippen LogP contribution is 2.24. The van der Waals surface area contributed by atoms with Gasteiger partial charge in [0.2, 0.25) is 0 Å². The van der Waals surface area contributed by atoms with Crippen molar-refractivity contribution in [2.75, 3.05) is 0 Å². The Balaban J connectivity index is 1.86. The topological polar surface area (TPSA) is 35.6 Å². The molecule has 0 saturated carbocycles. The van der Waals surface area contributed by atoms with Crippen molar-refractivity contribution >= 4 is 22.6 Å². The van der Waals surface area contributed by atoms with E-state index in [9.17, 15) is 0 Å². The van der Waals surface area contributed by atoms with Gasteiger partial charge in [-0.3, -0.25) is 9.36 Å². The van der Waals surface area contributed by atoms with Gasteiger partial charge in [0.1, 0.15) is 0 Å². The summed E-state index contributed by atoms with van der Waals surface area (Å²) in [6.07, 6.45) is 7.86. The highest BCUT2D eigenvalue weighted by atomic mass is 127. The maximum atomic E-state index is 4.41. The Bertz CT molecular complexity index is 699. The third-order valence-corrected chi connectivity index (χ3v) is 3.86. The number of halogens is 1. The Morgan fingerprint density at radius 2 is 1.95 bits per heavy atom. The summed E-state index contributed by atoms with van der Waals surface area (Å²) in [4.78, 5) is 0. The maximum absolute atomic E-state index is 4.41. The van der Waals surface area contributed by atoms with Gasteiger partial charge < -0.3 is 0 Å². The van der Waals surface area contributed by atoms with E-state index in [4.69, 9.17) is 0 Å². The van der Waals surface area contributed by atoms with Crippen LogP contribution in [-0.4, -0.2) is 19.6 Å². The third kappa shape index (κ3) is 2.70. The average molecular weight is 364 g/mol. The first kappa shape index (κ1) is 12.4. The van der Waals surface area contributed by atoms with Crippen molar-refractivity contribution in [2.45, 2.75) is 6.54 Å². The van der Waals surface area contributed by atoms with Gasteiger partial charge in [0.15, 0.2) is 0 Å². The van der Waals surface area contributed by atoms with E-state index in [1.165, 1.54) is 9.13 Å². The molecule has 0 N–H and O–H groups in total. The van der Waals surface area contributed by atoms with Crippen LogP contribution in [0.2, 0.25) is 0 Å². The van der Waals surface area contributed by atoms with Gasteiger partial charge in [-0.05, 0) is 34.2 Å². The van der Waals surface area contributed by atoms with E-state index in [2.05, 4.69) is 57.2 Å². The molecule has 2 aromatic heterocycles. The number of nitrogens with zero attached hydrogens (tertiary/aromatic N) is 4. The number of rotatable bonds is 3. The molecule has 96 valence electrons. The van der Waals surface area contributed by atoms with Crippen LogP contribution in [0.1, 0.15) is 5.56 Å². The summed E-state index contributed by atoms with van der Waals surface area (Å²) in [7, 11) is 1.92. The van der Waals surface area contributed by atoms with Gasteiger partial charge in [-0.2, -0.15) is 10.2 Å². The van der Waals surface area contributed by atoms with Crippen molar-refractivity contribution < 1.29 is 0 Å². The fourth-order valence-corrected chi connectivity index (χ4v) is 2.72. The SMILES string of the molecule is Cn1cc(Cn2cc(-c3ccccc3I)cn2)cn1. The number of aryl methyl sites for hydroxylation is 1. The Hall–Kier alpha value is -1.63. The highest BCUT2D eigenvalue weighted by Gasteiger charge is 2.06. The average Bonchev–Trinajstić information content (AvgIpc) is 3.00. The predicted molar refractivity (Wildman–Crippen MR) is 82.7 cm³/mol. The number of hydrogen-bond donors (Lipinski definition) is 0. The molecule has 0 aliphatic carbocycles. The molecule has 0 amide bonds. The molecule has 0 aliphatic heterocycles. The van der Waals surface area contributed by atoms with E-state index in [1.54, 1.807) is 4.68 Å². The van der Waals surface area contributed by atoms with Gasteiger partial charge in [-0.1, -0.05) is 18.2 Å². The summed E-state index contributed by atoms with van der Waals surface area (Å²) >= 11 is 2.35. The lowest BCUT2D eigenvalue weighted by Crippen LogP contribution is -1.98. The van der Waals surface area contributed by atoms with Gasteiger partial charge in [-0.25, -0.2) is 0 Å². The first-order valence-electron chi connectivity index (χ1n) is 5.97. The van der Waals surface area contributed by atoms with Crippen molar-refractivity contribution in [2.24, 2.45) is 7.05 Å². The van der Waals surface area contributed by atoms with Crippen molar-refractivity contribution in [1.82, 2.24) is 19.6 Å². The zero-order valence-electron chi connectivity index (χ0n) is 10.5. The van der Waals surface area contributed by atoms with E-state index in [0.717, 1.165) is 17.7 Å². The van der Waals surface area contributed by atoms with Gasteiger partial charge in [0, 0.05) is 34.1 Å². The molecule has 0 unspecified atom stereocenters. The Morgan fingerprint density at radius 1 is 1.11 bits per heavy atom. The molecule has 0 saturated heterocycles. The fourth-order valence-electron chi connectivity index (χ4n) is 2.03. The minimum Gasteiger partial charge on any atom is -0.275 e. The molecule has 4 nitrogen and oxygen atoms in total. The van der Waals surface area contributed by atoms with Crippen LogP contribution in [0.4, 0.5) is 0 Å². The summed E-state index contributed by atoms with van der Waals surface area (Å²) in [6.45, 7) is 0.747. The van der Waals surface area contributed by atoms with E-state index >= 15 is 0 Å². The van der Waals surface area contributed by atoms with Crippen molar-refractivity contribution in [3.05, 3.63) is 58.2 Å². The molecule has 0 radical (unpaired) electrons. The quantitative estimate of drug-likeness (QED) is 0.670. The molecule has 1 aromatic carbocycles. The van der Waals surface area contributed by atoms with Crippen LogP contribution in [0.5, 0.6) is 0 Å². The second-order valence-corrected chi connectivity index (χ2v) is 5.59. The van der Waals surface area contributed by atoms with E-state index in [0.29, 0.717) is 0 Å². The summed E-state index contributed by atoms with van der Waals surface area (Å²) in [5.74, 6) is 0. The lowest BCUT2D eigenvalue weighted by molar-refractivity contribution is 0.685. The minimum atomic E-state index is 0.747. The lowest BCUT2D eigenvalue weighted by Gasteiger charge is -2.00. The van der Waals surface area contributed by atoms with E-state index in [-0.39, 0.29) is 0 Å². The molecule has 19 heavy (non-hydrogen) atoms. The molecule has 0 fully saturated rings. The second-order valence-electron chi connectivity index (χ2n) is 4.43. The standard InChI is InChI=1S/C14H13IN4/c1-18-8-11(6-16-18)9-19-10-12(7-17-19)13-4-2-3-5-14(13)15/h2-8,10H,9H2,1H3. The van der Waals surface area contributed by atoms with Gasteiger partial charge >= 0.3 is 0 Å². The highest BCUT2D eigenvalue weighted by molar-refractivity contribution is 14.1. The monoisotopic (exact) mass is 364 g/mol. The zero-order valence-corrected chi connectivity index (χ0v) is 12.7. The second kappa shape index (κ2) is 5.16. The van der Waals surface area contributed by atoms with Crippen molar-refractivity contribution in [3.8, 4) is 11.1 Å². The minimum absolute atomic E-state index is 0.747. The molecule has 3 rings (SSSR count). The first-order chi connectivity index (χ1) is 9.22. The molecule has 0 aliphatic rings. The van der Waals surface area contributed by atoms with Crippen LogP contribution in [0.15, 0.2) is 49.1 Å². The normalized spacial score (nSPS) is 10.8. The van der Waals surface area contributed by atoms with Gasteiger partial charge in [0.25, 0.3) is 0 Å². The summed E-state index contributed by atoms with van der Waals surface area (Å²) in [6, 6.07) is 8.32. The lowest BCUT2D eigenvalue weighted by atomic mass is 10.1. The number of hydrogen-bond acceptors (Lipinski definition) is 2. The van der Waals surface area contributed by atoms with Crippen LogP contribution < -0.4 is 0 Å². The van der Waals surface area contributed by atoms with Crippen molar-refractivity contribution in [3.63, 3.8) is 0 Å². The molecule has 2 heterocycles. The molecule has 0 bridgehead atoms. The van der Waals surface area contributed by atoms with Crippen LogP contribution in [-0.2, 0) is 13.6 Å². The van der Waals surface area contributed by atoms with Gasteiger partial charge in [0.05, 0.1) is 18.9 Å². The smallest absolute Gasteiger partial charge is 0.0690 e. The van der Waals surface area contributed by atoms with Crippen LogP contribution in [0, 0.1) is 3.57 Å². The summed E-state index contributed by atoms with van der Waals surface area (Å²) in [5.41, 5.74) is 3.52. The maximum Gasteiger partial charge on any atom is 0.0690 e. The summed E-state index contributed by atoms with van der Waals surface area (Å²) in [5, 5.41) is 8.58. The summed E-state index contributed by atoms with van der Waals surface area (Å²) < 4.78 is 4.98. The first-order valence-corrected chi connectivity index (χ1v) is 7.05. The Labute approximate surface area is 125 Å². The largest absolute Gasteiger partial charge is 0.275 e. The third-order valence-electron chi connectivity index (χ3n) is 2.92. The molecule has 3 aromatic rings. The molecule has 0 atom stereocenters. The molecule has 5 heteroatoms. The number of aromatic nitrogens is 4. The molecule has 0 spiro atoms. The van der Waals surface area contributed by atoms with E-state index in [1.807, 2.05) is 36.4 Å². The molecular weight excluding hydrogens is 351 g/mol. The van der Waals surface area contributed by atoms with Crippen LogP contribution in [0.3, 0.4) is 0 Å². The Kier molecular flexibility index (Phi) is 3.37. The van der Waals surface area contributed by atoms with Crippen molar-refractivity contribution in [1.29, 1.82) is 0 Å².